The van der Waals surface area contributed by atoms with E-state index in [4.69, 9.17) is 27.8 Å². The molecule has 0 aliphatic rings. The van der Waals surface area contributed by atoms with Crippen LogP contribution in [0.4, 0.5) is 0 Å². The van der Waals surface area contributed by atoms with E-state index in [0.29, 0.717) is 12.4 Å². The fourth-order valence-corrected chi connectivity index (χ4v) is 1.31. The zero-order valence-corrected chi connectivity index (χ0v) is 7.55. The standard InChI is InChI=1S/C4H9Cl2NO2S/c5-1-2-7-4(3-6)10(8)9/h4,7H,1-3H2,(H,8,9). The van der Waals surface area contributed by atoms with Crippen LogP contribution in [0.15, 0.2) is 0 Å². The van der Waals surface area contributed by atoms with E-state index in [1.54, 1.807) is 0 Å². The van der Waals surface area contributed by atoms with Gasteiger partial charge in [0.25, 0.3) is 0 Å². The maximum absolute atomic E-state index is 10.4. The van der Waals surface area contributed by atoms with Gasteiger partial charge < -0.3 is 4.55 Å². The average molecular weight is 206 g/mol. The summed E-state index contributed by atoms with van der Waals surface area (Å²) in [6.07, 6.45) is 0. The summed E-state index contributed by atoms with van der Waals surface area (Å²) in [5, 5.41) is 2.14. The predicted octanol–water partition coefficient (Wildman–Crippen LogP) is 0.601. The van der Waals surface area contributed by atoms with Crippen molar-refractivity contribution in [3.8, 4) is 0 Å². The van der Waals surface area contributed by atoms with Gasteiger partial charge in [0.05, 0.1) is 5.88 Å². The predicted molar refractivity (Wildman–Crippen MR) is 44.0 cm³/mol. The Kier molecular flexibility index (Phi) is 6.78. The molecule has 0 bridgehead atoms. The van der Waals surface area contributed by atoms with E-state index in [9.17, 15) is 4.21 Å². The smallest absolute Gasteiger partial charge is 0.171 e. The summed E-state index contributed by atoms with van der Waals surface area (Å²) in [5.41, 5.74) is 0. The SMILES string of the molecule is O=S(O)C(CCl)NCCCl. The first kappa shape index (κ1) is 10.7. The first-order chi connectivity index (χ1) is 4.72. The molecular formula is C4H9Cl2NO2S. The second-order valence-corrected chi connectivity index (χ2v) is 3.37. The lowest BCUT2D eigenvalue weighted by molar-refractivity contribution is 0.535. The minimum atomic E-state index is -1.91. The first-order valence-corrected chi connectivity index (χ1v) is 4.91. The second kappa shape index (κ2) is 6.37. The molecule has 0 aromatic heterocycles. The van der Waals surface area contributed by atoms with Crippen molar-refractivity contribution < 1.29 is 8.76 Å². The van der Waals surface area contributed by atoms with Crippen LogP contribution in [0.25, 0.3) is 0 Å². The van der Waals surface area contributed by atoms with Gasteiger partial charge in [-0.3, -0.25) is 5.32 Å². The van der Waals surface area contributed by atoms with Gasteiger partial charge >= 0.3 is 0 Å². The van der Waals surface area contributed by atoms with E-state index in [2.05, 4.69) is 5.32 Å². The molecule has 0 amide bonds. The molecule has 10 heavy (non-hydrogen) atoms. The van der Waals surface area contributed by atoms with Crippen LogP contribution < -0.4 is 5.32 Å². The third-order valence-corrected chi connectivity index (χ3v) is 2.35. The van der Waals surface area contributed by atoms with E-state index >= 15 is 0 Å². The van der Waals surface area contributed by atoms with Crippen molar-refractivity contribution in [2.75, 3.05) is 18.3 Å². The summed E-state index contributed by atoms with van der Waals surface area (Å²) >= 11 is 8.75. The Bertz CT molecular complexity index is 113. The average Bonchev–Trinajstić information content (AvgIpc) is 1.89. The third kappa shape index (κ3) is 4.46. The summed E-state index contributed by atoms with van der Waals surface area (Å²) in [7, 11) is 0. The monoisotopic (exact) mass is 205 g/mol. The molecule has 2 unspecified atom stereocenters. The Labute approximate surface area is 72.4 Å². The fraction of sp³-hybridized carbons (Fsp3) is 1.00. The van der Waals surface area contributed by atoms with Gasteiger partial charge in [-0.25, -0.2) is 4.21 Å². The van der Waals surface area contributed by atoms with Crippen LogP contribution in [0.2, 0.25) is 0 Å². The highest BCUT2D eigenvalue weighted by Gasteiger charge is 2.10. The van der Waals surface area contributed by atoms with Crippen LogP contribution in [0.3, 0.4) is 0 Å². The van der Waals surface area contributed by atoms with Crippen molar-refractivity contribution in [1.82, 2.24) is 5.32 Å². The number of hydrogen-bond acceptors (Lipinski definition) is 2. The van der Waals surface area contributed by atoms with Crippen molar-refractivity contribution in [2.45, 2.75) is 5.37 Å². The van der Waals surface area contributed by atoms with Gasteiger partial charge in [-0.15, -0.1) is 23.2 Å². The quantitative estimate of drug-likeness (QED) is 0.511. The van der Waals surface area contributed by atoms with Gasteiger partial charge in [0.1, 0.15) is 5.37 Å². The van der Waals surface area contributed by atoms with Crippen LogP contribution in [0.1, 0.15) is 0 Å². The summed E-state index contributed by atoms with van der Waals surface area (Å²) in [6.45, 7) is 0.491. The van der Waals surface area contributed by atoms with E-state index in [1.807, 2.05) is 0 Å². The van der Waals surface area contributed by atoms with E-state index < -0.39 is 16.5 Å². The van der Waals surface area contributed by atoms with Crippen molar-refractivity contribution in [3.63, 3.8) is 0 Å². The molecule has 2 N–H and O–H groups in total. The van der Waals surface area contributed by atoms with Gasteiger partial charge in [0, 0.05) is 12.4 Å². The molecule has 0 saturated carbocycles. The Morgan fingerprint density at radius 3 is 2.50 bits per heavy atom. The van der Waals surface area contributed by atoms with Crippen molar-refractivity contribution in [1.29, 1.82) is 0 Å². The highest BCUT2D eigenvalue weighted by Crippen LogP contribution is 1.92. The third-order valence-electron chi connectivity index (χ3n) is 0.850. The number of rotatable bonds is 5. The summed E-state index contributed by atoms with van der Waals surface area (Å²) in [5.74, 6) is 0.518. The Morgan fingerprint density at radius 1 is 1.60 bits per heavy atom. The summed E-state index contributed by atoms with van der Waals surface area (Å²) in [6, 6.07) is 0. The molecule has 0 aliphatic heterocycles. The normalized spacial score (nSPS) is 16.7. The molecule has 0 radical (unpaired) electrons. The van der Waals surface area contributed by atoms with E-state index in [1.165, 1.54) is 0 Å². The zero-order valence-electron chi connectivity index (χ0n) is 5.22. The lowest BCUT2D eigenvalue weighted by Crippen LogP contribution is -2.35. The van der Waals surface area contributed by atoms with Gasteiger partial charge in [-0.2, -0.15) is 0 Å². The van der Waals surface area contributed by atoms with Crippen LogP contribution >= 0.6 is 23.2 Å². The topological polar surface area (TPSA) is 49.3 Å². The van der Waals surface area contributed by atoms with Gasteiger partial charge in [-0.1, -0.05) is 0 Å². The molecule has 0 aromatic rings. The van der Waals surface area contributed by atoms with Crippen LogP contribution in [0, 0.1) is 0 Å². The van der Waals surface area contributed by atoms with Crippen molar-refractivity contribution in [2.24, 2.45) is 0 Å². The first-order valence-electron chi connectivity index (χ1n) is 2.67. The Balaban J connectivity index is 3.50. The van der Waals surface area contributed by atoms with E-state index in [-0.39, 0.29) is 5.88 Å². The number of alkyl halides is 2. The summed E-state index contributed by atoms with van der Waals surface area (Å²) < 4.78 is 18.9. The van der Waals surface area contributed by atoms with Crippen molar-refractivity contribution >= 4 is 34.3 Å². The minimum absolute atomic E-state index is 0.111. The molecule has 0 saturated heterocycles. The van der Waals surface area contributed by atoms with Gasteiger partial charge in [0.15, 0.2) is 11.1 Å². The molecule has 0 rings (SSSR count). The zero-order chi connectivity index (χ0) is 7.98. The number of nitrogens with one attached hydrogen (secondary N) is 1. The Hall–Kier alpha value is 0.650. The maximum Gasteiger partial charge on any atom is 0.171 e. The lowest BCUT2D eigenvalue weighted by Gasteiger charge is -2.09. The molecule has 0 aromatic carbocycles. The summed E-state index contributed by atoms with van der Waals surface area (Å²) in [4.78, 5) is 0. The molecule has 0 fully saturated rings. The van der Waals surface area contributed by atoms with Crippen molar-refractivity contribution in [3.05, 3.63) is 0 Å². The van der Waals surface area contributed by atoms with Gasteiger partial charge in [-0.05, 0) is 0 Å². The van der Waals surface area contributed by atoms with E-state index in [0.717, 1.165) is 0 Å². The van der Waals surface area contributed by atoms with Crippen LogP contribution in [-0.4, -0.2) is 32.4 Å². The van der Waals surface area contributed by atoms with Gasteiger partial charge in [0.2, 0.25) is 0 Å². The molecule has 62 valence electrons. The molecule has 3 nitrogen and oxygen atoms in total. The van der Waals surface area contributed by atoms with Crippen LogP contribution in [-0.2, 0) is 11.1 Å². The second-order valence-electron chi connectivity index (χ2n) is 1.56. The highest BCUT2D eigenvalue weighted by molar-refractivity contribution is 7.79. The fourth-order valence-electron chi connectivity index (χ4n) is 0.395. The number of halogens is 2. The van der Waals surface area contributed by atoms with Crippen LogP contribution in [0.5, 0.6) is 0 Å². The molecule has 2 atom stereocenters. The Morgan fingerprint density at radius 2 is 2.20 bits per heavy atom. The maximum atomic E-state index is 10.4. The molecule has 6 heteroatoms. The number of hydrogen-bond donors (Lipinski definition) is 2. The molecule has 0 spiro atoms. The molecule has 0 heterocycles. The molecular weight excluding hydrogens is 197 g/mol. The highest BCUT2D eigenvalue weighted by atomic mass is 35.5. The minimum Gasteiger partial charge on any atom is -0.305 e. The largest absolute Gasteiger partial charge is 0.305 e. The lowest BCUT2D eigenvalue weighted by atomic mass is 10.6. The molecule has 0 aliphatic carbocycles.